The van der Waals surface area contributed by atoms with Gasteiger partial charge in [0.05, 0.1) is 11.1 Å². The van der Waals surface area contributed by atoms with Crippen molar-refractivity contribution in [3.63, 3.8) is 0 Å². The smallest absolute Gasteiger partial charge is 0.416 e. The Kier molecular flexibility index (Phi) is 7.99. The highest BCUT2D eigenvalue weighted by molar-refractivity contribution is 5.68. The molecule has 0 aliphatic carbocycles. The van der Waals surface area contributed by atoms with E-state index in [0.29, 0.717) is 23.3 Å². The fraction of sp³-hybridized carbons (Fsp3) is 0.276. The zero-order chi connectivity index (χ0) is 26.6. The second-order valence-corrected chi connectivity index (χ2v) is 8.96. The van der Waals surface area contributed by atoms with E-state index in [4.69, 9.17) is 9.84 Å². The molecule has 0 fully saturated rings. The van der Waals surface area contributed by atoms with Crippen LogP contribution in [0.15, 0.2) is 48.5 Å². The molecule has 0 spiro atoms. The van der Waals surface area contributed by atoms with Crippen molar-refractivity contribution >= 4 is 5.97 Å². The maximum atomic E-state index is 13.0. The summed E-state index contributed by atoms with van der Waals surface area (Å²) in [7, 11) is 0. The number of halogens is 3. The number of phenolic OH excluding ortho intramolecular Hbond substituents is 1. The Balaban J connectivity index is 1.99. The van der Waals surface area contributed by atoms with Crippen LogP contribution in [0.2, 0.25) is 0 Å². The molecule has 0 aliphatic rings. The van der Waals surface area contributed by atoms with Crippen molar-refractivity contribution in [2.24, 2.45) is 0 Å². The Hall–Kier alpha value is -3.92. The van der Waals surface area contributed by atoms with E-state index in [-0.39, 0.29) is 17.2 Å². The molecular weight excluding hydrogens is 469 g/mol. The van der Waals surface area contributed by atoms with Gasteiger partial charge in [0, 0.05) is 5.56 Å². The molecule has 36 heavy (non-hydrogen) atoms. The van der Waals surface area contributed by atoms with Gasteiger partial charge in [-0.3, -0.25) is 0 Å². The third kappa shape index (κ3) is 6.60. The van der Waals surface area contributed by atoms with Gasteiger partial charge in [0.2, 0.25) is 0 Å². The van der Waals surface area contributed by atoms with Crippen LogP contribution in [0, 0.1) is 25.7 Å². The van der Waals surface area contributed by atoms with Crippen molar-refractivity contribution in [1.82, 2.24) is 0 Å². The zero-order valence-corrected chi connectivity index (χ0v) is 20.5. The summed E-state index contributed by atoms with van der Waals surface area (Å²) in [5.41, 5.74) is 4.20. The van der Waals surface area contributed by atoms with Crippen LogP contribution < -0.4 is 4.74 Å². The number of benzene rings is 3. The summed E-state index contributed by atoms with van der Waals surface area (Å²) in [6, 6.07) is 12.0. The quantitative estimate of drug-likeness (QED) is 0.377. The number of hydrogen-bond acceptors (Lipinski definition) is 3. The number of aromatic hydroxyl groups is 1. The van der Waals surface area contributed by atoms with Crippen LogP contribution in [0.4, 0.5) is 13.2 Å². The molecule has 188 valence electrons. The Morgan fingerprint density at radius 1 is 1.03 bits per heavy atom. The Morgan fingerprint density at radius 2 is 1.69 bits per heavy atom. The van der Waals surface area contributed by atoms with Crippen molar-refractivity contribution < 1.29 is 32.9 Å². The van der Waals surface area contributed by atoms with Gasteiger partial charge in [0.25, 0.3) is 0 Å². The molecule has 3 aromatic rings. The zero-order valence-electron chi connectivity index (χ0n) is 20.5. The fourth-order valence-electron chi connectivity index (χ4n) is 3.93. The summed E-state index contributed by atoms with van der Waals surface area (Å²) < 4.78 is 44.4. The van der Waals surface area contributed by atoms with E-state index in [0.717, 1.165) is 34.4 Å². The average Bonchev–Trinajstić information content (AvgIpc) is 2.79. The van der Waals surface area contributed by atoms with Crippen LogP contribution in [0.25, 0.3) is 0 Å². The van der Waals surface area contributed by atoms with Gasteiger partial charge >= 0.3 is 12.1 Å². The first kappa shape index (κ1) is 26.7. The van der Waals surface area contributed by atoms with Crippen molar-refractivity contribution in [2.45, 2.75) is 46.2 Å². The third-order valence-corrected chi connectivity index (χ3v) is 5.77. The second-order valence-electron chi connectivity index (χ2n) is 8.96. The predicted molar refractivity (Wildman–Crippen MR) is 131 cm³/mol. The molecule has 7 heteroatoms. The molecule has 0 aromatic heterocycles. The molecule has 0 atom stereocenters. The third-order valence-electron chi connectivity index (χ3n) is 5.77. The lowest BCUT2D eigenvalue weighted by molar-refractivity contribution is -0.139. The molecule has 4 nitrogen and oxygen atoms in total. The number of aryl methyl sites for hydroxylation is 2. The maximum Gasteiger partial charge on any atom is 0.416 e. The minimum atomic E-state index is -4.46. The van der Waals surface area contributed by atoms with Gasteiger partial charge in [-0.05, 0) is 90.4 Å². The number of carboxylic acids is 1. The molecule has 3 rings (SSSR count). The SMILES string of the molecule is Cc1cc(OCC(=O)O)cc(C)c1Cc1cc(C#Cc2cccc(C(F)(F)F)c2)c(O)c(C(C)C)c1. The van der Waals surface area contributed by atoms with Crippen molar-refractivity contribution in [3.8, 4) is 23.3 Å². The van der Waals surface area contributed by atoms with Gasteiger partial charge in [-0.25, -0.2) is 4.79 Å². The minimum Gasteiger partial charge on any atom is -0.506 e. The van der Waals surface area contributed by atoms with Gasteiger partial charge in [-0.1, -0.05) is 37.8 Å². The molecule has 3 aromatic carbocycles. The highest BCUT2D eigenvalue weighted by Gasteiger charge is 2.30. The normalized spacial score (nSPS) is 11.2. The molecule has 0 bridgehead atoms. The van der Waals surface area contributed by atoms with Gasteiger partial charge in [-0.2, -0.15) is 13.2 Å². The Labute approximate surface area is 208 Å². The largest absolute Gasteiger partial charge is 0.506 e. The van der Waals surface area contributed by atoms with Crippen molar-refractivity contribution in [3.05, 3.63) is 93.0 Å². The van der Waals surface area contributed by atoms with Crippen LogP contribution in [0.1, 0.15) is 64.3 Å². The predicted octanol–water partition coefficient (Wildman–Crippen LogP) is 6.61. The number of aliphatic carboxylic acids is 1. The molecule has 0 heterocycles. The van der Waals surface area contributed by atoms with Gasteiger partial charge < -0.3 is 14.9 Å². The fourth-order valence-corrected chi connectivity index (χ4v) is 3.93. The van der Waals surface area contributed by atoms with E-state index in [1.54, 1.807) is 18.2 Å². The first-order valence-electron chi connectivity index (χ1n) is 11.3. The summed E-state index contributed by atoms with van der Waals surface area (Å²) >= 11 is 0. The first-order valence-corrected chi connectivity index (χ1v) is 11.3. The van der Waals surface area contributed by atoms with E-state index in [1.165, 1.54) is 12.1 Å². The van der Waals surface area contributed by atoms with Crippen LogP contribution in [0.3, 0.4) is 0 Å². The molecule has 0 unspecified atom stereocenters. The van der Waals surface area contributed by atoms with E-state index < -0.39 is 24.3 Å². The van der Waals surface area contributed by atoms with Gasteiger partial charge in [-0.15, -0.1) is 0 Å². The molecule has 0 saturated heterocycles. The summed E-state index contributed by atoms with van der Waals surface area (Å²) in [6.07, 6.45) is -3.94. The highest BCUT2D eigenvalue weighted by Crippen LogP contribution is 2.33. The molecule has 0 aliphatic heterocycles. The van der Waals surface area contributed by atoms with Crippen LogP contribution in [-0.2, 0) is 17.4 Å². The number of hydrogen-bond donors (Lipinski definition) is 2. The van der Waals surface area contributed by atoms with Gasteiger partial charge in [0.1, 0.15) is 11.5 Å². The van der Waals surface area contributed by atoms with E-state index in [2.05, 4.69) is 11.8 Å². The Bertz CT molecular complexity index is 1320. The lowest BCUT2D eigenvalue weighted by atomic mass is 9.91. The topological polar surface area (TPSA) is 66.8 Å². The number of carbonyl (C=O) groups is 1. The number of ether oxygens (including phenoxy) is 1. The number of carboxylic acid groups (broad SMARTS) is 1. The summed E-state index contributed by atoms with van der Waals surface area (Å²) in [5.74, 6) is 5.02. The summed E-state index contributed by atoms with van der Waals surface area (Å²) in [4.78, 5) is 10.8. The minimum absolute atomic E-state index is 0.00644. The first-order chi connectivity index (χ1) is 16.8. The molecular formula is C29H27F3O4. The van der Waals surface area contributed by atoms with E-state index in [1.807, 2.05) is 33.8 Å². The van der Waals surface area contributed by atoms with Crippen molar-refractivity contribution in [1.29, 1.82) is 0 Å². The van der Waals surface area contributed by atoms with E-state index >= 15 is 0 Å². The van der Waals surface area contributed by atoms with Crippen LogP contribution >= 0.6 is 0 Å². The number of alkyl halides is 3. The lowest BCUT2D eigenvalue weighted by Crippen LogP contribution is -2.10. The molecule has 0 amide bonds. The Morgan fingerprint density at radius 3 is 2.28 bits per heavy atom. The standard InChI is InChI=1S/C29H27F3O4/c1-17(2)25-14-21(15-26-18(3)10-24(11-19(26)4)36-16-27(33)34)12-22(28(25)35)9-8-20-6-5-7-23(13-20)29(30,31)32/h5-7,10-14,17,35H,15-16H2,1-4H3,(H,33,34). The van der Waals surface area contributed by atoms with Gasteiger partial charge in [0.15, 0.2) is 6.61 Å². The second kappa shape index (κ2) is 10.8. The molecule has 0 saturated carbocycles. The highest BCUT2D eigenvalue weighted by atomic mass is 19.4. The maximum absolute atomic E-state index is 13.0. The van der Waals surface area contributed by atoms with Crippen molar-refractivity contribution in [2.75, 3.05) is 6.61 Å². The van der Waals surface area contributed by atoms with Crippen LogP contribution in [0.5, 0.6) is 11.5 Å². The van der Waals surface area contributed by atoms with Crippen LogP contribution in [-0.4, -0.2) is 22.8 Å². The summed E-state index contributed by atoms with van der Waals surface area (Å²) in [5, 5.41) is 19.7. The lowest BCUT2D eigenvalue weighted by Gasteiger charge is -2.16. The number of rotatable bonds is 6. The molecule has 2 N–H and O–H groups in total. The average molecular weight is 497 g/mol. The summed E-state index contributed by atoms with van der Waals surface area (Å²) in [6.45, 7) is 7.27. The van der Waals surface area contributed by atoms with E-state index in [9.17, 15) is 23.1 Å². The molecule has 0 radical (unpaired) electrons. The number of phenols is 1. The monoisotopic (exact) mass is 496 g/mol.